The fourth-order valence-electron chi connectivity index (χ4n) is 1.12. The zero-order chi connectivity index (χ0) is 13.8. The number of carbonyl (C=O) groups excluding carboxylic acids is 1. The first kappa shape index (κ1) is 14.6. The van der Waals surface area contributed by atoms with E-state index in [9.17, 15) is 9.59 Å². The van der Waals surface area contributed by atoms with Gasteiger partial charge in [-0.2, -0.15) is 5.10 Å². The Morgan fingerprint density at radius 2 is 2.17 bits per heavy atom. The monoisotopic (exact) mass is 271 g/mol. The van der Waals surface area contributed by atoms with E-state index < -0.39 is 5.97 Å². The summed E-state index contributed by atoms with van der Waals surface area (Å²) in [6.45, 7) is 5.89. The maximum absolute atomic E-state index is 11.6. The summed E-state index contributed by atoms with van der Waals surface area (Å²) >= 11 is 1.54. The molecule has 0 saturated carbocycles. The number of rotatable bonds is 5. The van der Waals surface area contributed by atoms with Crippen LogP contribution in [-0.2, 0) is 16.1 Å². The minimum Gasteiger partial charge on any atom is -0.480 e. The van der Waals surface area contributed by atoms with Crippen molar-refractivity contribution in [2.24, 2.45) is 0 Å². The van der Waals surface area contributed by atoms with Gasteiger partial charge in [0.25, 0.3) is 0 Å². The van der Waals surface area contributed by atoms with Crippen molar-refractivity contribution in [2.45, 2.75) is 32.1 Å². The molecule has 1 heterocycles. The molecule has 0 bridgehead atoms. The van der Waals surface area contributed by atoms with E-state index in [2.05, 4.69) is 10.4 Å². The van der Waals surface area contributed by atoms with Gasteiger partial charge in [0.1, 0.15) is 6.54 Å². The third kappa shape index (κ3) is 5.72. The first-order valence-electron chi connectivity index (χ1n) is 5.45. The van der Waals surface area contributed by atoms with Gasteiger partial charge in [-0.15, -0.1) is 11.8 Å². The van der Waals surface area contributed by atoms with Gasteiger partial charge in [0.05, 0.1) is 5.75 Å². The zero-order valence-corrected chi connectivity index (χ0v) is 11.5. The minimum absolute atomic E-state index is 0.0278. The smallest absolute Gasteiger partial charge is 0.325 e. The van der Waals surface area contributed by atoms with Crippen molar-refractivity contribution in [3.63, 3.8) is 0 Å². The Kier molecular flexibility index (Phi) is 4.77. The van der Waals surface area contributed by atoms with Crippen LogP contribution in [0, 0.1) is 0 Å². The number of hydrogen-bond acceptors (Lipinski definition) is 4. The maximum atomic E-state index is 11.6. The molecule has 1 aromatic heterocycles. The van der Waals surface area contributed by atoms with Crippen LogP contribution in [0.25, 0.3) is 0 Å². The van der Waals surface area contributed by atoms with E-state index in [1.54, 1.807) is 6.07 Å². The topological polar surface area (TPSA) is 84.2 Å². The summed E-state index contributed by atoms with van der Waals surface area (Å²) in [5.41, 5.74) is 0. The number of carboxylic acids is 1. The highest BCUT2D eigenvalue weighted by molar-refractivity contribution is 8.01. The normalized spacial score (nSPS) is 11.3. The molecule has 1 aromatic rings. The quantitative estimate of drug-likeness (QED) is 0.846. The Balaban J connectivity index is 2.45. The molecule has 1 amide bonds. The average Bonchev–Trinajstić information content (AvgIpc) is 2.60. The molecule has 0 radical (unpaired) electrons. The van der Waals surface area contributed by atoms with Crippen molar-refractivity contribution in [1.29, 1.82) is 0 Å². The number of carbonyl (C=O) groups is 2. The lowest BCUT2D eigenvalue weighted by atomic mass is 10.3. The number of nitrogens with one attached hydrogen (secondary N) is 1. The highest BCUT2D eigenvalue weighted by Gasteiger charge is 2.14. The van der Waals surface area contributed by atoms with E-state index in [-0.39, 0.29) is 17.2 Å². The van der Waals surface area contributed by atoms with Gasteiger partial charge in [-0.25, -0.2) is 0 Å². The Labute approximate surface area is 110 Å². The van der Waals surface area contributed by atoms with Gasteiger partial charge in [0.2, 0.25) is 5.91 Å². The highest BCUT2D eigenvalue weighted by Crippen LogP contribution is 2.22. The first-order chi connectivity index (χ1) is 8.26. The van der Waals surface area contributed by atoms with Crippen LogP contribution in [0.5, 0.6) is 0 Å². The van der Waals surface area contributed by atoms with Gasteiger partial charge in [-0.1, -0.05) is 20.8 Å². The number of aliphatic carboxylic acids is 1. The Hall–Kier alpha value is -1.50. The summed E-state index contributed by atoms with van der Waals surface area (Å²) in [5, 5.41) is 15.1. The molecule has 6 nitrogen and oxygen atoms in total. The van der Waals surface area contributed by atoms with Crippen LogP contribution < -0.4 is 5.32 Å². The van der Waals surface area contributed by atoms with Crippen molar-refractivity contribution in [1.82, 2.24) is 9.78 Å². The second-order valence-electron chi connectivity index (χ2n) is 4.74. The van der Waals surface area contributed by atoms with Crippen LogP contribution in [0.1, 0.15) is 20.8 Å². The van der Waals surface area contributed by atoms with Crippen LogP contribution in [0.3, 0.4) is 0 Å². The van der Waals surface area contributed by atoms with Crippen molar-refractivity contribution < 1.29 is 14.7 Å². The molecule has 0 fully saturated rings. The van der Waals surface area contributed by atoms with Crippen LogP contribution >= 0.6 is 11.8 Å². The molecule has 0 spiro atoms. The number of anilines is 1. The van der Waals surface area contributed by atoms with E-state index in [0.717, 1.165) is 0 Å². The maximum Gasteiger partial charge on any atom is 0.325 e. The molecule has 2 N–H and O–H groups in total. The first-order valence-corrected chi connectivity index (χ1v) is 6.44. The second-order valence-corrected chi connectivity index (χ2v) is 6.54. The highest BCUT2D eigenvalue weighted by atomic mass is 32.2. The van der Waals surface area contributed by atoms with E-state index in [4.69, 9.17) is 5.11 Å². The standard InChI is InChI=1S/C11H17N3O3S/c1-11(2,3)18-7-9(15)12-8-4-5-14(13-8)6-10(16)17/h4-5H,6-7H2,1-3H3,(H,16,17)(H,12,13,15). The molecule has 7 heteroatoms. The second kappa shape index (κ2) is 5.90. The Bertz CT molecular complexity index is 437. The van der Waals surface area contributed by atoms with Crippen LogP contribution in [0.2, 0.25) is 0 Å². The molecular formula is C11H17N3O3S. The summed E-state index contributed by atoms with van der Waals surface area (Å²) in [6, 6.07) is 1.57. The predicted octanol–water partition coefficient (Wildman–Crippen LogP) is 1.44. The van der Waals surface area contributed by atoms with Crippen molar-refractivity contribution >= 4 is 29.5 Å². The van der Waals surface area contributed by atoms with Crippen molar-refractivity contribution in [3.8, 4) is 0 Å². The summed E-state index contributed by atoms with van der Waals surface area (Å²) < 4.78 is 1.29. The Morgan fingerprint density at radius 1 is 1.50 bits per heavy atom. The fourth-order valence-corrected chi connectivity index (χ4v) is 1.75. The van der Waals surface area contributed by atoms with Gasteiger partial charge >= 0.3 is 5.97 Å². The summed E-state index contributed by atoms with van der Waals surface area (Å²) in [7, 11) is 0. The number of thioether (sulfide) groups is 1. The van der Waals surface area contributed by atoms with Crippen LogP contribution in [0.4, 0.5) is 5.82 Å². The lowest BCUT2D eigenvalue weighted by Gasteiger charge is -2.16. The van der Waals surface area contributed by atoms with Gasteiger partial charge in [0, 0.05) is 17.0 Å². The molecule has 1 rings (SSSR count). The third-order valence-corrected chi connectivity index (χ3v) is 3.11. The summed E-state index contributed by atoms with van der Waals surface area (Å²) in [5.74, 6) is -0.402. The lowest BCUT2D eigenvalue weighted by Crippen LogP contribution is -2.19. The van der Waals surface area contributed by atoms with Crippen LogP contribution in [0.15, 0.2) is 12.3 Å². The summed E-state index contributed by atoms with van der Waals surface area (Å²) in [4.78, 5) is 22.1. The predicted molar refractivity (Wildman–Crippen MR) is 70.7 cm³/mol. The number of aromatic nitrogens is 2. The largest absolute Gasteiger partial charge is 0.480 e. The van der Waals surface area contributed by atoms with Gasteiger partial charge in [-0.05, 0) is 0 Å². The molecule has 0 aliphatic carbocycles. The molecule has 100 valence electrons. The molecule has 0 unspecified atom stereocenters. The summed E-state index contributed by atoms with van der Waals surface area (Å²) in [6.07, 6.45) is 1.51. The van der Waals surface area contributed by atoms with Crippen molar-refractivity contribution in [2.75, 3.05) is 11.1 Å². The molecule has 18 heavy (non-hydrogen) atoms. The van der Waals surface area contributed by atoms with E-state index in [1.165, 1.54) is 22.6 Å². The SMILES string of the molecule is CC(C)(C)SCC(=O)Nc1ccn(CC(=O)O)n1. The lowest BCUT2D eigenvalue weighted by molar-refractivity contribution is -0.137. The zero-order valence-electron chi connectivity index (χ0n) is 10.6. The number of amides is 1. The van der Waals surface area contributed by atoms with Gasteiger partial charge in [0.15, 0.2) is 5.82 Å². The van der Waals surface area contributed by atoms with Gasteiger partial charge in [-0.3, -0.25) is 14.3 Å². The van der Waals surface area contributed by atoms with E-state index >= 15 is 0 Å². The average molecular weight is 271 g/mol. The van der Waals surface area contributed by atoms with Crippen LogP contribution in [-0.4, -0.2) is 37.3 Å². The number of hydrogen-bond donors (Lipinski definition) is 2. The number of nitrogens with zero attached hydrogens (tertiary/aromatic N) is 2. The third-order valence-electron chi connectivity index (χ3n) is 1.84. The molecule has 0 aromatic carbocycles. The molecule has 0 aliphatic heterocycles. The van der Waals surface area contributed by atoms with E-state index in [0.29, 0.717) is 11.6 Å². The minimum atomic E-state index is -0.973. The van der Waals surface area contributed by atoms with Gasteiger partial charge < -0.3 is 10.4 Å². The molecule has 0 aliphatic rings. The van der Waals surface area contributed by atoms with E-state index in [1.807, 2.05) is 20.8 Å². The molecule has 0 saturated heterocycles. The Morgan fingerprint density at radius 3 is 2.72 bits per heavy atom. The molecule has 0 atom stereocenters. The number of carboxylic acid groups (broad SMARTS) is 1. The fraction of sp³-hybridized carbons (Fsp3) is 0.545. The molecular weight excluding hydrogens is 254 g/mol. The van der Waals surface area contributed by atoms with Crippen molar-refractivity contribution in [3.05, 3.63) is 12.3 Å².